The minimum atomic E-state index is 0.632. The second-order valence-electron chi connectivity index (χ2n) is 5.65. The Kier molecular flexibility index (Phi) is 3.83. The molecule has 1 heterocycles. The van der Waals surface area contributed by atoms with E-state index < -0.39 is 0 Å². The van der Waals surface area contributed by atoms with E-state index in [9.17, 15) is 0 Å². The molecular formula is C16H21N3O. The maximum Gasteiger partial charge on any atom is 0.247 e. The van der Waals surface area contributed by atoms with Gasteiger partial charge in [-0.2, -0.15) is 0 Å². The molecule has 1 N–H and O–H groups in total. The quantitative estimate of drug-likeness (QED) is 0.820. The number of rotatable bonds is 6. The van der Waals surface area contributed by atoms with E-state index in [1.807, 2.05) is 0 Å². The first-order chi connectivity index (χ1) is 9.72. The summed E-state index contributed by atoms with van der Waals surface area (Å²) in [6.45, 7) is 5.20. The number of nitrogens with zero attached hydrogens (tertiary/aromatic N) is 2. The van der Waals surface area contributed by atoms with Crippen molar-refractivity contribution in [3.05, 3.63) is 35.2 Å². The van der Waals surface area contributed by atoms with Crippen LogP contribution in [-0.2, 0) is 6.42 Å². The molecule has 0 atom stereocenters. The zero-order chi connectivity index (χ0) is 13.9. The molecule has 1 aliphatic carbocycles. The first kappa shape index (κ1) is 13.3. The van der Waals surface area contributed by atoms with Gasteiger partial charge in [0, 0.05) is 18.0 Å². The molecule has 0 unspecified atom stereocenters. The Hall–Kier alpha value is -1.68. The highest BCUT2D eigenvalue weighted by Gasteiger charge is 2.19. The Morgan fingerprint density at radius 3 is 2.85 bits per heavy atom. The molecule has 3 rings (SSSR count). The Morgan fingerprint density at radius 1 is 1.25 bits per heavy atom. The van der Waals surface area contributed by atoms with Crippen LogP contribution in [0.15, 0.2) is 22.6 Å². The van der Waals surface area contributed by atoms with Crippen LogP contribution in [0.25, 0.3) is 11.5 Å². The van der Waals surface area contributed by atoms with E-state index in [1.54, 1.807) is 0 Å². The standard InChI is InChI=1S/C16H21N3O/c1-11-5-8-14(12(2)10-11)16-19-18-15(20-16)4-3-9-17-13-6-7-13/h5,8,10,13,17H,3-4,6-7,9H2,1-2H3. The molecule has 1 saturated carbocycles. The van der Waals surface area contributed by atoms with Gasteiger partial charge >= 0.3 is 0 Å². The normalized spacial score (nSPS) is 14.7. The summed E-state index contributed by atoms with van der Waals surface area (Å²) in [5, 5.41) is 11.8. The van der Waals surface area contributed by atoms with Gasteiger partial charge in [-0.05, 0) is 51.3 Å². The Bertz CT molecular complexity index is 587. The highest BCUT2D eigenvalue weighted by atomic mass is 16.4. The van der Waals surface area contributed by atoms with E-state index in [2.05, 4.69) is 47.6 Å². The summed E-state index contributed by atoms with van der Waals surface area (Å²) in [5.41, 5.74) is 3.46. The van der Waals surface area contributed by atoms with E-state index in [0.29, 0.717) is 5.89 Å². The summed E-state index contributed by atoms with van der Waals surface area (Å²) in [7, 11) is 0. The van der Waals surface area contributed by atoms with Crippen LogP contribution < -0.4 is 5.32 Å². The molecule has 0 radical (unpaired) electrons. The van der Waals surface area contributed by atoms with Crippen molar-refractivity contribution in [2.24, 2.45) is 0 Å². The molecule has 0 saturated heterocycles. The summed E-state index contributed by atoms with van der Waals surface area (Å²) >= 11 is 0. The number of nitrogens with one attached hydrogen (secondary N) is 1. The van der Waals surface area contributed by atoms with Crippen LogP contribution in [0.1, 0.15) is 36.3 Å². The van der Waals surface area contributed by atoms with Crippen LogP contribution in [0.4, 0.5) is 0 Å². The average Bonchev–Trinajstić information content (AvgIpc) is 3.13. The maximum absolute atomic E-state index is 5.76. The van der Waals surface area contributed by atoms with Crippen LogP contribution in [0.3, 0.4) is 0 Å². The Morgan fingerprint density at radius 2 is 2.10 bits per heavy atom. The number of hydrogen-bond acceptors (Lipinski definition) is 4. The van der Waals surface area contributed by atoms with Crippen LogP contribution in [0.2, 0.25) is 0 Å². The monoisotopic (exact) mass is 271 g/mol. The molecule has 1 aromatic carbocycles. The molecule has 20 heavy (non-hydrogen) atoms. The first-order valence-corrected chi connectivity index (χ1v) is 7.36. The molecule has 1 fully saturated rings. The lowest BCUT2D eigenvalue weighted by Gasteiger charge is -2.02. The smallest absolute Gasteiger partial charge is 0.247 e. The predicted octanol–water partition coefficient (Wildman–Crippen LogP) is 3.04. The number of hydrogen-bond donors (Lipinski definition) is 1. The van der Waals surface area contributed by atoms with E-state index in [1.165, 1.54) is 24.0 Å². The van der Waals surface area contributed by atoms with Crippen LogP contribution in [-0.4, -0.2) is 22.8 Å². The van der Waals surface area contributed by atoms with Gasteiger partial charge in [0.2, 0.25) is 11.8 Å². The summed E-state index contributed by atoms with van der Waals surface area (Å²) in [6, 6.07) is 7.03. The molecule has 4 heteroatoms. The summed E-state index contributed by atoms with van der Waals surface area (Å²) in [6.07, 6.45) is 4.55. The van der Waals surface area contributed by atoms with Crippen molar-refractivity contribution in [1.82, 2.24) is 15.5 Å². The average molecular weight is 271 g/mol. The molecule has 1 aromatic heterocycles. The second-order valence-corrected chi connectivity index (χ2v) is 5.65. The fourth-order valence-corrected chi connectivity index (χ4v) is 2.35. The van der Waals surface area contributed by atoms with Crippen LogP contribution in [0.5, 0.6) is 0 Å². The lowest BCUT2D eigenvalue weighted by Crippen LogP contribution is -2.17. The highest BCUT2D eigenvalue weighted by Crippen LogP contribution is 2.23. The van der Waals surface area contributed by atoms with Gasteiger partial charge in [-0.25, -0.2) is 0 Å². The molecular weight excluding hydrogens is 250 g/mol. The Balaban J connectivity index is 1.60. The molecule has 0 amide bonds. The second kappa shape index (κ2) is 5.75. The van der Waals surface area contributed by atoms with Gasteiger partial charge in [0.05, 0.1) is 0 Å². The lowest BCUT2D eigenvalue weighted by molar-refractivity contribution is 0.490. The van der Waals surface area contributed by atoms with Crippen LogP contribution >= 0.6 is 0 Å². The molecule has 106 valence electrons. The Labute approximate surface area is 119 Å². The summed E-state index contributed by atoms with van der Waals surface area (Å²) < 4.78 is 5.76. The maximum atomic E-state index is 5.76. The number of benzene rings is 1. The topological polar surface area (TPSA) is 51.0 Å². The molecule has 1 aliphatic rings. The van der Waals surface area contributed by atoms with Crippen molar-refractivity contribution in [3.8, 4) is 11.5 Å². The van der Waals surface area contributed by atoms with E-state index in [4.69, 9.17) is 4.42 Å². The molecule has 0 aliphatic heterocycles. The highest BCUT2D eigenvalue weighted by molar-refractivity contribution is 5.58. The largest absolute Gasteiger partial charge is 0.421 e. The van der Waals surface area contributed by atoms with Crippen molar-refractivity contribution < 1.29 is 4.42 Å². The number of aryl methyl sites for hydroxylation is 3. The first-order valence-electron chi connectivity index (χ1n) is 7.36. The van der Waals surface area contributed by atoms with Crippen molar-refractivity contribution in [2.45, 2.75) is 45.6 Å². The van der Waals surface area contributed by atoms with E-state index in [0.717, 1.165) is 36.9 Å². The third-order valence-corrected chi connectivity index (χ3v) is 3.66. The van der Waals surface area contributed by atoms with Gasteiger partial charge in [-0.15, -0.1) is 10.2 Å². The van der Waals surface area contributed by atoms with E-state index >= 15 is 0 Å². The van der Waals surface area contributed by atoms with Crippen molar-refractivity contribution >= 4 is 0 Å². The zero-order valence-corrected chi connectivity index (χ0v) is 12.1. The number of aromatic nitrogens is 2. The van der Waals surface area contributed by atoms with Gasteiger partial charge in [0.1, 0.15) is 0 Å². The van der Waals surface area contributed by atoms with Crippen molar-refractivity contribution in [3.63, 3.8) is 0 Å². The van der Waals surface area contributed by atoms with Gasteiger partial charge < -0.3 is 9.73 Å². The fraction of sp³-hybridized carbons (Fsp3) is 0.500. The minimum Gasteiger partial charge on any atom is -0.421 e. The molecule has 0 bridgehead atoms. The zero-order valence-electron chi connectivity index (χ0n) is 12.1. The van der Waals surface area contributed by atoms with E-state index in [-0.39, 0.29) is 0 Å². The van der Waals surface area contributed by atoms with Gasteiger partial charge in [-0.3, -0.25) is 0 Å². The third kappa shape index (κ3) is 3.25. The molecule has 4 nitrogen and oxygen atoms in total. The summed E-state index contributed by atoms with van der Waals surface area (Å²) in [5.74, 6) is 1.37. The lowest BCUT2D eigenvalue weighted by atomic mass is 10.1. The molecule has 2 aromatic rings. The van der Waals surface area contributed by atoms with Crippen LogP contribution in [0, 0.1) is 13.8 Å². The minimum absolute atomic E-state index is 0.632. The third-order valence-electron chi connectivity index (χ3n) is 3.66. The van der Waals surface area contributed by atoms with Crippen molar-refractivity contribution in [2.75, 3.05) is 6.54 Å². The van der Waals surface area contributed by atoms with Crippen molar-refractivity contribution in [1.29, 1.82) is 0 Å². The van der Waals surface area contributed by atoms with Gasteiger partial charge in [-0.1, -0.05) is 17.7 Å². The predicted molar refractivity (Wildman–Crippen MR) is 78.6 cm³/mol. The van der Waals surface area contributed by atoms with Gasteiger partial charge in [0.25, 0.3) is 0 Å². The summed E-state index contributed by atoms with van der Waals surface area (Å²) in [4.78, 5) is 0. The molecule has 0 spiro atoms. The SMILES string of the molecule is Cc1ccc(-c2nnc(CCCNC3CC3)o2)c(C)c1. The van der Waals surface area contributed by atoms with Gasteiger partial charge in [0.15, 0.2) is 0 Å². The fourth-order valence-electron chi connectivity index (χ4n) is 2.35.